The highest BCUT2D eigenvalue weighted by Crippen LogP contribution is 2.24. The summed E-state index contributed by atoms with van der Waals surface area (Å²) in [5.41, 5.74) is 5.81. The van der Waals surface area contributed by atoms with Gasteiger partial charge in [-0.1, -0.05) is 25.5 Å². The Morgan fingerprint density at radius 2 is 2.18 bits per heavy atom. The number of hydrogen-bond acceptors (Lipinski definition) is 2. The second kappa shape index (κ2) is 5.67. The molecular formula is C14H24N2O. The number of amides is 1. The van der Waals surface area contributed by atoms with Gasteiger partial charge in [-0.25, -0.2) is 0 Å². The van der Waals surface area contributed by atoms with Gasteiger partial charge in [0.25, 0.3) is 0 Å². The third-order valence-electron chi connectivity index (χ3n) is 4.17. The normalized spacial score (nSPS) is 33.8. The number of likely N-dealkylation sites (tertiary alicyclic amines) is 1. The van der Waals surface area contributed by atoms with Gasteiger partial charge in [0, 0.05) is 19.1 Å². The van der Waals surface area contributed by atoms with Gasteiger partial charge >= 0.3 is 0 Å². The van der Waals surface area contributed by atoms with Crippen molar-refractivity contribution >= 4 is 5.91 Å². The van der Waals surface area contributed by atoms with Crippen LogP contribution in [0.4, 0.5) is 0 Å². The molecule has 2 aliphatic rings. The van der Waals surface area contributed by atoms with E-state index >= 15 is 0 Å². The molecule has 1 fully saturated rings. The first kappa shape index (κ1) is 12.6. The molecule has 17 heavy (non-hydrogen) atoms. The quantitative estimate of drug-likeness (QED) is 0.745. The highest BCUT2D eigenvalue weighted by Gasteiger charge is 2.28. The Morgan fingerprint density at radius 1 is 1.35 bits per heavy atom. The van der Waals surface area contributed by atoms with E-state index in [-0.39, 0.29) is 12.0 Å². The van der Waals surface area contributed by atoms with Crippen LogP contribution in [-0.2, 0) is 4.79 Å². The summed E-state index contributed by atoms with van der Waals surface area (Å²) in [6, 6.07) is 0.0827. The van der Waals surface area contributed by atoms with Gasteiger partial charge in [-0.05, 0) is 31.6 Å². The molecule has 1 amide bonds. The Labute approximate surface area is 104 Å². The van der Waals surface area contributed by atoms with E-state index in [1.165, 1.54) is 19.3 Å². The van der Waals surface area contributed by atoms with Crippen LogP contribution < -0.4 is 5.73 Å². The summed E-state index contributed by atoms with van der Waals surface area (Å²) in [6.07, 6.45) is 9.62. The maximum atomic E-state index is 12.3. The Hall–Kier alpha value is -0.830. The molecule has 0 spiro atoms. The molecule has 0 radical (unpaired) electrons. The average Bonchev–Trinajstić information content (AvgIpc) is 2.64. The van der Waals surface area contributed by atoms with E-state index in [0.29, 0.717) is 5.91 Å². The van der Waals surface area contributed by atoms with Crippen molar-refractivity contribution in [2.24, 2.45) is 17.6 Å². The molecule has 1 heterocycles. The van der Waals surface area contributed by atoms with Crippen molar-refractivity contribution in [2.45, 2.75) is 45.1 Å². The monoisotopic (exact) mass is 236 g/mol. The Bertz CT molecular complexity index is 301. The van der Waals surface area contributed by atoms with Crippen LogP contribution in [0.3, 0.4) is 0 Å². The fraction of sp³-hybridized carbons (Fsp3) is 0.786. The lowest BCUT2D eigenvalue weighted by Crippen LogP contribution is -2.36. The van der Waals surface area contributed by atoms with Crippen LogP contribution in [0.5, 0.6) is 0 Å². The van der Waals surface area contributed by atoms with Gasteiger partial charge in [0.15, 0.2) is 0 Å². The number of nitrogens with two attached hydrogens (primary N) is 1. The lowest BCUT2D eigenvalue weighted by atomic mass is 9.98. The van der Waals surface area contributed by atoms with E-state index in [1.807, 2.05) is 12.2 Å². The van der Waals surface area contributed by atoms with Crippen molar-refractivity contribution < 1.29 is 4.79 Å². The van der Waals surface area contributed by atoms with Crippen LogP contribution >= 0.6 is 0 Å². The maximum absolute atomic E-state index is 12.3. The van der Waals surface area contributed by atoms with E-state index in [4.69, 9.17) is 5.73 Å². The summed E-state index contributed by atoms with van der Waals surface area (Å²) in [7, 11) is 0. The zero-order valence-electron chi connectivity index (χ0n) is 10.8. The summed E-state index contributed by atoms with van der Waals surface area (Å²) < 4.78 is 0. The SMILES string of the molecule is CCC1CCCN(C(=O)C2C=CC(N)C2)CC1. The second-order valence-corrected chi connectivity index (χ2v) is 5.42. The summed E-state index contributed by atoms with van der Waals surface area (Å²) in [4.78, 5) is 14.4. The van der Waals surface area contributed by atoms with Crippen molar-refractivity contribution in [3.05, 3.63) is 12.2 Å². The van der Waals surface area contributed by atoms with Crippen LogP contribution in [0.1, 0.15) is 39.0 Å². The fourth-order valence-corrected chi connectivity index (χ4v) is 2.94. The van der Waals surface area contributed by atoms with Crippen LogP contribution in [0.15, 0.2) is 12.2 Å². The molecule has 2 rings (SSSR count). The molecule has 0 aromatic heterocycles. The molecule has 0 saturated carbocycles. The van der Waals surface area contributed by atoms with Crippen molar-refractivity contribution in [1.29, 1.82) is 0 Å². The third kappa shape index (κ3) is 3.09. The van der Waals surface area contributed by atoms with Gasteiger partial charge in [-0.15, -0.1) is 0 Å². The molecule has 0 aromatic carbocycles. The molecule has 0 aromatic rings. The van der Waals surface area contributed by atoms with Crippen molar-refractivity contribution in [3.63, 3.8) is 0 Å². The predicted octanol–water partition coefficient (Wildman–Crippen LogP) is 1.93. The minimum Gasteiger partial charge on any atom is -0.342 e. The summed E-state index contributed by atoms with van der Waals surface area (Å²) in [5.74, 6) is 1.16. The largest absolute Gasteiger partial charge is 0.342 e. The molecule has 1 saturated heterocycles. The fourth-order valence-electron chi connectivity index (χ4n) is 2.94. The minimum atomic E-state index is 0.0446. The molecule has 1 aliphatic carbocycles. The molecule has 96 valence electrons. The Morgan fingerprint density at radius 3 is 2.82 bits per heavy atom. The second-order valence-electron chi connectivity index (χ2n) is 5.42. The first-order valence-electron chi connectivity index (χ1n) is 6.93. The predicted molar refractivity (Wildman–Crippen MR) is 69.4 cm³/mol. The smallest absolute Gasteiger partial charge is 0.229 e. The van der Waals surface area contributed by atoms with Crippen molar-refractivity contribution in [2.75, 3.05) is 13.1 Å². The number of carbonyl (C=O) groups excluding carboxylic acids is 1. The van der Waals surface area contributed by atoms with Crippen LogP contribution in [0, 0.1) is 11.8 Å². The summed E-state index contributed by atoms with van der Waals surface area (Å²) >= 11 is 0. The van der Waals surface area contributed by atoms with E-state index < -0.39 is 0 Å². The van der Waals surface area contributed by atoms with E-state index in [2.05, 4.69) is 11.8 Å². The Balaban J connectivity index is 1.89. The molecular weight excluding hydrogens is 212 g/mol. The summed E-state index contributed by atoms with van der Waals surface area (Å²) in [5, 5.41) is 0. The van der Waals surface area contributed by atoms with Crippen molar-refractivity contribution in [1.82, 2.24) is 4.90 Å². The van der Waals surface area contributed by atoms with Gasteiger partial charge in [0.2, 0.25) is 5.91 Å². The average molecular weight is 236 g/mol. The Kier molecular flexibility index (Phi) is 4.21. The van der Waals surface area contributed by atoms with Gasteiger partial charge in [-0.3, -0.25) is 4.79 Å². The van der Waals surface area contributed by atoms with Crippen LogP contribution in [0.2, 0.25) is 0 Å². The number of nitrogens with zero attached hydrogens (tertiary/aromatic N) is 1. The third-order valence-corrected chi connectivity index (χ3v) is 4.17. The molecule has 3 nitrogen and oxygen atoms in total. The van der Waals surface area contributed by atoms with E-state index in [0.717, 1.165) is 31.8 Å². The minimum absolute atomic E-state index is 0.0446. The van der Waals surface area contributed by atoms with E-state index in [9.17, 15) is 4.79 Å². The lowest BCUT2D eigenvalue weighted by Gasteiger charge is -2.23. The molecule has 1 aliphatic heterocycles. The zero-order chi connectivity index (χ0) is 12.3. The van der Waals surface area contributed by atoms with Crippen LogP contribution in [0.25, 0.3) is 0 Å². The maximum Gasteiger partial charge on any atom is 0.229 e. The first-order chi connectivity index (χ1) is 8.20. The first-order valence-corrected chi connectivity index (χ1v) is 6.93. The van der Waals surface area contributed by atoms with Crippen molar-refractivity contribution in [3.8, 4) is 0 Å². The molecule has 2 N–H and O–H groups in total. The summed E-state index contributed by atoms with van der Waals surface area (Å²) in [6.45, 7) is 4.13. The number of carbonyl (C=O) groups is 1. The topological polar surface area (TPSA) is 46.3 Å². The zero-order valence-corrected chi connectivity index (χ0v) is 10.8. The van der Waals surface area contributed by atoms with Gasteiger partial charge < -0.3 is 10.6 Å². The van der Waals surface area contributed by atoms with Crippen LogP contribution in [-0.4, -0.2) is 29.9 Å². The van der Waals surface area contributed by atoms with Gasteiger partial charge in [0.05, 0.1) is 5.92 Å². The number of hydrogen-bond donors (Lipinski definition) is 1. The van der Waals surface area contributed by atoms with E-state index in [1.54, 1.807) is 0 Å². The molecule has 3 atom stereocenters. The molecule has 3 heteroatoms. The highest BCUT2D eigenvalue weighted by molar-refractivity contribution is 5.81. The molecule has 0 bridgehead atoms. The lowest BCUT2D eigenvalue weighted by molar-refractivity contribution is -0.134. The highest BCUT2D eigenvalue weighted by atomic mass is 16.2. The number of rotatable bonds is 2. The van der Waals surface area contributed by atoms with Gasteiger partial charge in [-0.2, -0.15) is 0 Å². The molecule has 3 unspecified atom stereocenters. The standard InChI is InChI=1S/C14H24N2O/c1-2-11-4-3-8-16(9-7-11)14(17)12-5-6-13(15)10-12/h5-6,11-13H,2-4,7-10,15H2,1H3. The van der Waals surface area contributed by atoms with Gasteiger partial charge in [0.1, 0.15) is 0 Å².